The SMILES string of the molecule is O=S(=O)(Nc1nccs1)c1cc(Cl)c(N[C@H]2CCCC[C@@H]2N2CC3CC3C2)cc1F. The predicted molar refractivity (Wildman–Crippen MR) is 117 cm³/mol. The van der Waals surface area contributed by atoms with Gasteiger partial charge in [-0.25, -0.2) is 17.8 Å². The lowest BCUT2D eigenvalue weighted by molar-refractivity contribution is 0.161. The fourth-order valence-corrected chi connectivity index (χ4v) is 7.07. The van der Waals surface area contributed by atoms with Crippen molar-refractivity contribution in [3.63, 3.8) is 0 Å². The maximum atomic E-state index is 14.8. The highest BCUT2D eigenvalue weighted by molar-refractivity contribution is 7.93. The summed E-state index contributed by atoms with van der Waals surface area (Å²) in [5.74, 6) is 0.896. The zero-order chi connectivity index (χ0) is 20.9. The lowest BCUT2D eigenvalue weighted by atomic mass is 9.89. The van der Waals surface area contributed by atoms with Gasteiger partial charge in [-0.15, -0.1) is 11.3 Å². The van der Waals surface area contributed by atoms with Gasteiger partial charge in [0.05, 0.1) is 10.7 Å². The minimum Gasteiger partial charge on any atom is -0.379 e. The number of thiazole rings is 1. The summed E-state index contributed by atoms with van der Waals surface area (Å²) in [5.41, 5.74) is 0.448. The Bertz CT molecular complexity index is 1020. The Morgan fingerprint density at radius 1 is 1.20 bits per heavy atom. The van der Waals surface area contributed by atoms with Crippen molar-refractivity contribution in [1.82, 2.24) is 9.88 Å². The quantitative estimate of drug-likeness (QED) is 0.654. The van der Waals surface area contributed by atoms with Crippen molar-refractivity contribution in [3.8, 4) is 0 Å². The molecule has 4 atom stereocenters. The van der Waals surface area contributed by atoms with E-state index in [1.54, 1.807) is 5.38 Å². The van der Waals surface area contributed by atoms with Gasteiger partial charge >= 0.3 is 0 Å². The summed E-state index contributed by atoms with van der Waals surface area (Å²) >= 11 is 7.52. The molecule has 0 amide bonds. The Labute approximate surface area is 184 Å². The monoisotopic (exact) mass is 470 g/mol. The van der Waals surface area contributed by atoms with Gasteiger partial charge in [0.25, 0.3) is 10.0 Å². The third-order valence-corrected chi connectivity index (χ3v) is 9.00. The molecular formula is C20H24ClFN4O2S2. The second-order valence-electron chi connectivity index (χ2n) is 8.52. The van der Waals surface area contributed by atoms with Gasteiger partial charge in [0.2, 0.25) is 0 Å². The average molecular weight is 471 g/mol. The number of anilines is 2. The summed E-state index contributed by atoms with van der Waals surface area (Å²) in [5, 5.41) is 5.45. The summed E-state index contributed by atoms with van der Waals surface area (Å²) in [6.07, 6.45) is 7.30. The molecule has 1 saturated heterocycles. The summed E-state index contributed by atoms with van der Waals surface area (Å²) < 4.78 is 42.2. The number of nitrogens with one attached hydrogen (secondary N) is 2. The van der Waals surface area contributed by atoms with Gasteiger partial charge in [-0.05, 0) is 43.2 Å². The third kappa shape index (κ3) is 4.04. The Kier molecular flexibility index (Phi) is 5.41. The first-order valence-corrected chi connectivity index (χ1v) is 13.1. The molecule has 30 heavy (non-hydrogen) atoms. The topological polar surface area (TPSA) is 74.3 Å². The summed E-state index contributed by atoms with van der Waals surface area (Å²) in [7, 11) is -4.11. The smallest absolute Gasteiger partial charge is 0.266 e. The van der Waals surface area contributed by atoms with Crippen LogP contribution in [0.5, 0.6) is 0 Å². The molecular weight excluding hydrogens is 447 g/mol. The van der Waals surface area contributed by atoms with Crippen LogP contribution >= 0.6 is 22.9 Å². The van der Waals surface area contributed by atoms with Gasteiger partial charge in [0.1, 0.15) is 10.7 Å². The molecule has 1 aliphatic heterocycles. The lowest BCUT2D eigenvalue weighted by Crippen LogP contribution is -2.48. The summed E-state index contributed by atoms with van der Waals surface area (Å²) in [6.45, 7) is 2.32. The average Bonchev–Trinajstić information content (AvgIpc) is 3.08. The number of halogens is 2. The number of nitrogens with zero attached hydrogens (tertiary/aromatic N) is 2. The minimum atomic E-state index is -4.11. The lowest BCUT2D eigenvalue weighted by Gasteiger charge is -2.39. The number of fused-ring (bicyclic) bond motifs is 1. The van der Waals surface area contributed by atoms with Crippen LogP contribution in [0.2, 0.25) is 5.02 Å². The normalized spacial score (nSPS) is 28.9. The first kappa shape index (κ1) is 20.5. The van der Waals surface area contributed by atoms with E-state index in [0.29, 0.717) is 11.7 Å². The molecule has 5 rings (SSSR count). The number of rotatable bonds is 6. The van der Waals surface area contributed by atoms with Crippen LogP contribution in [0.15, 0.2) is 28.6 Å². The molecule has 0 bridgehead atoms. The second-order valence-corrected chi connectivity index (χ2v) is 11.5. The highest BCUT2D eigenvalue weighted by Crippen LogP contribution is 2.47. The van der Waals surface area contributed by atoms with Crippen molar-refractivity contribution < 1.29 is 12.8 Å². The number of sulfonamides is 1. The third-order valence-electron chi connectivity index (χ3n) is 6.51. The minimum absolute atomic E-state index is 0.182. The highest BCUT2D eigenvalue weighted by Gasteiger charge is 2.48. The van der Waals surface area contributed by atoms with Crippen molar-refractivity contribution in [2.24, 2.45) is 11.8 Å². The van der Waals surface area contributed by atoms with Gasteiger partial charge in [0.15, 0.2) is 5.13 Å². The maximum Gasteiger partial charge on any atom is 0.266 e. The van der Waals surface area contributed by atoms with Crippen LogP contribution in [0, 0.1) is 17.7 Å². The number of piperidine rings is 1. The zero-order valence-electron chi connectivity index (χ0n) is 16.4. The molecule has 2 unspecified atom stereocenters. The van der Waals surface area contributed by atoms with Crippen LogP contribution in [0.4, 0.5) is 15.2 Å². The van der Waals surface area contributed by atoms with E-state index in [4.69, 9.17) is 11.6 Å². The van der Waals surface area contributed by atoms with Gasteiger partial charge in [-0.3, -0.25) is 9.62 Å². The Morgan fingerprint density at radius 2 is 1.97 bits per heavy atom. The molecule has 6 nitrogen and oxygen atoms in total. The molecule has 2 aromatic rings. The highest BCUT2D eigenvalue weighted by atomic mass is 35.5. The van der Waals surface area contributed by atoms with Crippen molar-refractivity contribution in [3.05, 3.63) is 34.5 Å². The van der Waals surface area contributed by atoms with Gasteiger partial charge in [-0.2, -0.15) is 0 Å². The second kappa shape index (κ2) is 7.93. The standard InChI is InChI=1S/C20H24ClFN4O2S2/c21-14-8-19(30(27,28)25-20-23-5-6-29-20)15(22)9-17(14)24-16-3-1-2-4-18(16)26-10-12-7-13(12)11-26/h5-6,8-9,12-13,16,18,24H,1-4,7,10-11H2,(H,23,25)/t12?,13?,16-,18-/m0/s1. The number of aromatic nitrogens is 1. The molecule has 2 saturated carbocycles. The van der Waals surface area contributed by atoms with E-state index >= 15 is 0 Å². The molecule has 162 valence electrons. The number of hydrogen-bond acceptors (Lipinski definition) is 6. The van der Waals surface area contributed by atoms with Crippen molar-refractivity contribution >= 4 is 43.8 Å². The molecule has 2 aliphatic carbocycles. The fraction of sp³-hybridized carbons (Fsp3) is 0.550. The van der Waals surface area contributed by atoms with E-state index in [1.807, 2.05) is 0 Å². The Balaban J connectivity index is 1.35. The number of benzene rings is 1. The predicted octanol–water partition coefficient (Wildman–Crippen LogP) is 4.41. The first-order valence-electron chi connectivity index (χ1n) is 10.3. The van der Waals surface area contributed by atoms with E-state index in [2.05, 4.69) is 19.9 Å². The van der Waals surface area contributed by atoms with E-state index in [9.17, 15) is 12.8 Å². The van der Waals surface area contributed by atoms with E-state index in [0.717, 1.165) is 55.5 Å². The largest absolute Gasteiger partial charge is 0.379 e. The molecule has 1 aromatic carbocycles. The van der Waals surface area contributed by atoms with E-state index in [1.165, 1.54) is 31.2 Å². The molecule has 2 N–H and O–H groups in total. The van der Waals surface area contributed by atoms with Gasteiger partial charge in [0, 0.05) is 36.8 Å². The Hall–Kier alpha value is -1.42. The molecule has 0 radical (unpaired) electrons. The van der Waals surface area contributed by atoms with Crippen LogP contribution in [0.25, 0.3) is 0 Å². The molecule has 3 aliphatic rings. The van der Waals surface area contributed by atoms with E-state index in [-0.39, 0.29) is 16.2 Å². The number of likely N-dealkylation sites (tertiary alicyclic amines) is 1. The maximum absolute atomic E-state index is 14.8. The summed E-state index contributed by atoms with van der Waals surface area (Å²) in [6, 6.07) is 2.98. The van der Waals surface area contributed by atoms with Gasteiger partial charge < -0.3 is 5.32 Å². The van der Waals surface area contributed by atoms with Crippen molar-refractivity contribution in [1.29, 1.82) is 0 Å². The fourth-order valence-electron chi connectivity index (χ4n) is 4.91. The van der Waals surface area contributed by atoms with E-state index < -0.39 is 20.7 Å². The van der Waals surface area contributed by atoms with Crippen LogP contribution in [0.3, 0.4) is 0 Å². The summed E-state index contributed by atoms with van der Waals surface area (Å²) in [4.78, 5) is 5.99. The molecule has 2 heterocycles. The van der Waals surface area contributed by atoms with Crippen molar-refractivity contribution in [2.45, 2.75) is 49.1 Å². The molecule has 3 fully saturated rings. The van der Waals surface area contributed by atoms with Crippen LogP contribution in [-0.4, -0.2) is 43.5 Å². The molecule has 0 spiro atoms. The zero-order valence-corrected chi connectivity index (χ0v) is 18.7. The van der Waals surface area contributed by atoms with Crippen LogP contribution < -0.4 is 10.0 Å². The van der Waals surface area contributed by atoms with Gasteiger partial charge in [-0.1, -0.05) is 24.4 Å². The first-order chi connectivity index (χ1) is 14.4. The van der Waals surface area contributed by atoms with Crippen LogP contribution in [0.1, 0.15) is 32.1 Å². The van der Waals surface area contributed by atoms with Crippen molar-refractivity contribution in [2.75, 3.05) is 23.1 Å². The van der Waals surface area contributed by atoms with Crippen LogP contribution in [-0.2, 0) is 10.0 Å². The molecule has 10 heteroatoms. The number of hydrogen-bond donors (Lipinski definition) is 2. The Morgan fingerprint density at radius 3 is 2.70 bits per heavy atom. The molecule has 1 aromatic heterocycles.